The van der Waals surface area contributed by atoms with Gasteiger partial charge in [0, 0.05) is 18.7 Å². The van der Waals surface area contributed by atoms with E-state index in [-0.39, 0.29) is 18.5 Å². The molecule has 5 nitrogen and oxygen atoms in total. The summed E-state index contributed by atoms with van der Waals surface area (Å²) in [7, 11) is 0. The number of piperidine rings is 1. The molecule has 5 heteroatoms. The monoisotopic (exact) mass is 331 g/mol. The molecule has 0 saturated carbocycles. The van der Waals surface area contributed by atoms with Gasteiger partial charge in [0.25, 0.3) is 0 Å². The van der Waals surface area contributed by atoms with Crippen molar-refractivity contribution in [2.75, 3.05) is 6.54 Å². The van der Waals surface area contributed by atoms with Crippen LogP contribution in [-0.4, -0.2) is 29.1 Å². The van der Waals surface area contributed by atoms with Crippen molar-refractivity contribution in [2.24, 2.45) is 5.92 Å². The summed E-state index contributed by atoms with van der Waals surface area (Å²) in [5.41, 5.74) is 1.01. The lowest BCUT2D eigenvalue weighted by molar-refractivity contribution is -0.161. The van der Waals surface area contributed by atoms with Gasteiger partial charge < -0.3 is 9.47 Å². The van der Waals surface area contributed by atoms with E-state index in [4.69, 9.17) is 9.47 Å². The number of carbonyl (C=O) groups excluding carboxylic acids is 2. The van der Waals surface area contributed by atoms with Gasteiger partial charge in [-0.05, 0) is 32.8 Å². The Morgan fingerprint density at radius 2 is 1.92 bits per heavy atom. The maximum Gasteiger partial charge on any atom is 0.414 e. The molecule has 0 bridgehead atoms. The van der Waals surface area contributed by atoms with Crippen LogP contribution in [0.4, 0.5) is 4.79 Å². The highest BCUT2D eigenvalue weighted by atomic mass is 16.6. The molecule has 1 aliphatic rings. The first-order valence-electron chi connectivity index (χ1n) is 8.15. The fraction of sp³-hybridized carbons (Fsp3) is 0.474. The summed E-state index contributed by atoms with van der Waals surface area (Å²) in [5.74, 6) is -0.490. The Bertz CT molecular complexity index is 604. The van der Waals surface area contributed by atoms with E-state index in [0.717, 1.165) is 5.56 Å². The maximum absolute atomic E-state index is 12.2. The fourth-order valence-corrected chi connectivity index (χ4v) is 2.54. The smallest absolute Gasteiger partial charge is 0.414 e. The van der Waals surface area contributed by atoms with Gasteiger partial charge in [-0.1, -0.05) is 36.9 Å². The standard InChI is InChI=1S/C19H25NO4/c1-14-12-16(17(21)24-19(2,3)4)10-11-20(14)18(22)23-13-15-8-6-5-7-9-15/h5-9,16H,1,10-13H2,2-4H3. The van der Waals surface area contributed by atoms with Crippen molar-refractivity contribution >= 4 is 12.1 Å². The molecule has 1 unspecified atom stereocenters. The molecule has 1 aromatic rings. The van der Waals surface area contributed by atoms with Crippen LogP contribution in [0.2, 0.25) is 0 Å². The zero-order chi connectivity index (χ0) is 17.7. The third-order valence-electron chi connectivity index (χ3n) is 3.73. The van der Waals surface area contributed by atoms with E-state index in [2.05, 4.69) is 6.58 Å². The lowest BCUT2D eigenvalue weighted by Gasteiger charge is -2.33. The number of hydrogen-bond donors (Lipinski definition) is 0. The first kappa shape index (κ1) is 18.0. The number of esters is 1. The lowest BCUT2D eigenvalue weighted by Crippen LogP contribution is -2.40. The van der Waals surface area contributed by atoms with Crippen LogP contribution in [0, 0.1) is 5.92 Å². The van der Waals surface area contributed by atoms with Gasteiger partial charge in [0.05, 0.1) is 5.92 Å². The average Bonchev–Trinajstić information content (AvgIpc) is 2.52. The van der Waals surface area contributed by atoms with Crippen molar-refractivity contribution in [1.29, 1.82) is 0 Å². The first-order chi connectivity index (χ1) is 11.3. The van der Waals surface area contributed by atoms with E-state index in [0.29, 0.717) is 25.1 Å². The Labute approximate surface area is 143 Å². The average molecular weight is 331 g/mol. The number of amides is 1. The summed E-state index contributed by atoms with van der Waals surface area (Å²) in [5, 5.41) is 0. The second-order valence-electron chi connectivity index (χ2n) is 6.98. The van der Waals surface area contributed by atoms with Gasteiger partial charge in [-0.2, -0.15) is 0 Å². The maximum atomic E-state index is 12.2. The van der Waals surface area contributed by atoms with Crippen LogP contribution in [0.5, 0.6) is 0 Å². The van der Waals surface area contributed by atoms with Gasteiger partial charge in [0.15, 0.2) is 0 Å². The minimum atomic E-state index is -0.510. The van der Waals surface area contributed by atoms with Crippen molar-refractivity contribution in [3.63, 3.8) is 0 Å². The van der Waals surface area contributed by atoms with E-state index in [1.165, 1.54) is 4.90 Å². The number of allylic oxidation sites excluding steroid dienone is 1. The number of ether oxygens (including phenoxy) is 2. The van der Waals surface area contributed by atoms with E-state index < -0.39 is 11.7 Å². The van der Waals surface area contributed by atoms with Crippen LogP contribution in [-0.2, 0) is 20.9 Å². The Hall–Kier alpha value is -2.30. The van der Waals surface area contributed by atoms with Gasteiger partial charge in [-0.3, -0.25) is 9.69 Å². The van der Waals surface area contributed by atoms with E-state index in [1.54, 1.807) is 0 Å². The van der Waals surface area contributed by atoms with E-state index in [9.17, 15) is 9.59 Å². The third-order valence-corrected chi connectivity index (χ3v) is 3.73. The summed E-state index contributed by atoms with van der Waals surface area (Å²) in [4.78, 5) is 25.9. The number of nitrogens with zero attached hydrogens (tertiary/aromatic N) is 1. The molecule has 1 atom stereocenters. The summed E-state index contributed by atoms with van der Waals surface area (Å²) in [6, 6.07) is 9.51. The van der Waals surface area contributed by atoms with Gasteiger partial charge in [-0.15, -0.1) is 0 Å². The zero-order valence-electron chi connectivity index (χ0n) is 14.6. The Morgan fingerprint density at radius 1 is 1.25 bits per heavy atom. The molecule has 0 aromatic heterocycles. The van der Waals surface area contributed by atoms with Gasteiger partial charge in [0.2, 0.25) is 0 Å². The Balaban J connectivity index is 1.85. The predicted octanol–water partition coefficient (Wildman–Crippen LogP) is 3.89. The van der Waals surface area contributed by atoms with Crippen LogP contribution < -0.4 is 0 Å². The quantitative estimate of drug-likeness (QED) is 0.789. The highest BCUT2D eigenvalue weighted by Gasteiger charge is 2.33. The molecule has 0 spiro atoms. The largest absolute Gasteiger partial charge is 0.460 e. The normalized spacial score (nSPS) is 18.2. The predicted molar refractivity (Wildman–Crippen MR) is 91.0 cm³/mol. The zero-order valence-corrected chi connectivity index (χ0v) is 14.6. The van der Waals surface area contributed by atoms with Crippen molar-refractivity contribution in [2.45, 2.75) is 45.8 Å². The Kier molecular flexibility index (Phi) is 5.65. The number of likely N-dealkylation sites (tertiary alicyclic amines) is 1. The van der Waals surface area contributed by atoms with Crippen LogP contribution in [0.3, 0.4) is 0 Å². The minimum Gasteiger partial charge on any atom is -0.460 e. The summed E-state index contributed by atoms with van der Waals surface area (Å²) in [6.45, 7) is 10.1. The van der Waals surface area contributed by atoms with E-state index >= 15 is 0 Å². The van der Waals surface area contributed by atoms with Crippen molar-refractivity contribution in [3.8, 4) is 0 Å². The Morgan fingerprint density at radius 3 is 2.50 bits per heavy atom. The number of rotatable bonds is 3. The van der Waals surface area contributed by atoms with Gasteiger partial charge in [-0.25, -0.2) is 4.79 Å². The molecule has 1 fully saturated rings. The van der Waals surface area contributed by atoms with Crippen LogP contribution in [0.1, 0.15) is 39.2 Å². The van der Waals surface area contributed by atoms with Crippen molar-refractivity contribution < 1.29 is 19.1 Å². The molecule has 0 radical (unpaired) electrons. The van der Waals surface area contributed by atoms with Crippen molar-refractivity contribution in [1.82, 2.24) is 4.90 Å². The van der Waals surface area contributed by atoms with Crippen LogP contribution in [0.15, 0.2) is 42.6 Å². The molecule has 0 aliphatic carbocycles. The second kappa shape index (κ2) is 7.51. The summed E-state index contributed by atoms with van der Waals surface area (Å²) in [6.07, 6.45) is 0.537. The number of benzene rings is 1. The molecule has 0 N–H and O–H groups in total. The van der Waals surface area contributed by atoms with E-state index in [1.807, 2.05) is 51.1 Å². The first-order valence-corrected chi connectivity index (χ1v) is 8.15. The topological polar surface area (TPSA) is 55.8 Å². The van der Waals surface area contributed by atoms with Gasteiger partial charge >= 0.3 is 12.1 Å². The van der Waals surface area contributed by atoms with Crippen LogP contribution >= 0.6 is 0 Å². The molecule has 1 amide bonds. The van der Waals surface area contributed by atoms with Gasteiger partial charge in [0.1, 0.15) is 12.2 Å². The molecular formula is C19H25NO4. The molecule has 1 aromatic carbocycles. The van der Waals surface area contributed by atoms with Crippen molar-refractivity contribution in [3.05, 3.63) is 48.2 Å². The SMILES string of the molecule is C=C1CC(C(=O)OC(C)(C)C)CCN1C(=O)OCc1ccccc1. The number of carbonyl (C=O) groups is 2. The summed E-state index contributed by atoms with van der Waals surface area (Å²) >= 11 is 0. The molecular weight excluding hydrogens is 306 g/mol. The molecule has 1 aliphatic heterocycles. The van der Waals surface area contributed by atoms with Crippen LogP contribution in [0.25, 0.3) is 0 Å². The summed E-state index contributed by atoms with van der Waals surface area (Å²) < 4.78 is 10.7. The molecule has 130 valence electrons. The highest BCUT2D eigenvalue weighted by Crippen LogP contribution is 2.28. The third kappa shape index (κ3) is 5.11. The lowest BCUT2D eigenvalue weighted by atomic mass is 9.95. The molecule has 1 saturated heterocycles. The molecule has 24 heavy (non-hydrogen) atoms. The second-order valence-corrected chi connectivity index (χ2v) is 6.98. The minimum absolute atomic E-state index is 0.221. The molecule has 1 heterocycles. The fourth-order valence-electron chi connectivity index (χ4n) is 2.54. The molecule has 2 rings (SSSR count). The number of hydrogen-bond acceptors (Lipinski definition) is 4. The highest BCUT2D eigenvalue weighted by molar-refractivity contribution is 5.75.